The summed E-state index contributed by atoms with van der Waals surface area (Å²) in [4.78, 5) is 8.09. The lowest BCUT2D eigenvalue weighted by atomic mass is 10.1. The molecule has 122 valence electrons. The lowest BCUT2D eigenvalue weighted by molar-refractivity contribution is 0.442. The van der Waals surface area contributed by atoms with Crippen LogP contribution in [0, 0.1) is 5.82 Å². The first-order valence-corrected chi connectivity index (χ1v) is 7.64. The maximum atomic E-state index is 13.0. The smallest absolute Gasteiger partial charge is 0.321 e. The van der Waals surface area contributed by atoms with Crippen LogP contribution in [0.25, 0.3) is 22.5 Å². The molecule has 4 rings (SSSR count). The van der Waals surface area contributed by atoms with Crippen molar-refractivity contribution in [2.75, 3.05) is 0 Å². The molecule has 0 fully saturated rings. The largest absolute Gasteiger partial charge is 0.424 e. The fourth-order valence-corrected chi connectivity index (χ4v) is 2.41. The van der Waals surface area contributed by atoms with E-state index in [4.69, 9.17) is 4.74 Å². The molecule has 0 aliphatic rings. The van der Waals surface area contributed by atoms with Crippen LogP contribution in [-0.2, 0) is 0 Å². The molecule has 2 heterocycles. The van der Waals surface area contributed by atoms with Crippen LogP contribution in [-0.4, -0.2) is 20.2 Å². The van der Waals surface area contributed by atoms with Crippen molar-refractivity contribution in [2.24, 2.45) is 0 Å². The van der Waals surface area contributed by atoms with Crippen LogP contribution in [0.4, 0.5) is 4.39 Å². The Morgan fingerprint density at radius 3 is 2.44 bits per heavy atom. The number of benzene rings is 2. The summed E-state index contributed by atoms with van der Waals surface area (Å²) >= 11 is 0. The standard InChI is InChI=1S/C19H13FN4O/c20-15-7-5-13(6-8-15)17-12-18(24-23-17)14-3-1-4-16(11-14)25-19-21-9-2-10-22-19/h1-12H,(H,23,24). The van der Waals surface area contributed by atoms with Gasteiger partial charge in [0.1, 0.15) is 11.6 Å². The summed E-state index contributed by atoms with van der Waals surface area (Å²) < 4.78 is 18.7. The van der Waals surface area contributed by atoms with Gasteiger partial charge in [-0.1, -0.05) is 12.1 Å². The third kappa shape index (κ3) is 3.37. The van der Waals surface area contributed by atoms with Crippen molar-refractivity contribution >= 4 is 0 Å². The Labute approximate surface area is 143 Å². The summed E-state index contributed by atoms with van der Waals surface area (Å²) in [5.74, 6) is 0.356. The van der Waals surface area contributed by atoms with Gasteiger partial charge in [-0.05, 0) is 48.5 Å². The number of ether oxygens (including phenoxy) is 1. The summed E-state index contributed by atoms with van der Waals surface area (Å²) in [6.07, 6.45) is 3.24. The van der Waals surface area contributed by atoms with Crippen LogP contribution in [0.3, 0.4) is 0 Å². The zero-order valence-corrected chi connectivity index (χ0v) is 13.1. The molecule has 0 aliphatic carbocycles. The highest BCUT2D eigenvalue weighted by Gasteiger charge is 2.08. The summed E-state index contributed by atoms with van der Waals surface area (Å²) in [5, 5.41) is 7.29. The predicted molar refractivity (Wildman–Crippen MR) is 91.5 cm³/mol. The molecule has 1 N–H and O–H groups in total. The van der Waals surface area contributed by atoms with Gasteiger partial charge in [0.2, 0.25) is 0 Å². The third-order valence-electron chi connectivity index (χ3n) is 3.61. The van der Waals surface area contributed by atoms with Crippen LogP contribution in [0.15, 0.2) is 73.1 Å². The second kappa shape index (κ2) is 6.52. The van der Waals surface area contributed by atoms with E-state index < -0.39 is 0 Å². The minimum absolute atomic E-state index is 0.271. The minimum atomic E-state index is -0.271. The van der Waals surface area contributed by atoms with E-state index in [9.17, 15) is 4.39 Å². The Hall–Kier alpha value is -3.54. The van der Waals surface area contributed by atoms with Gasteiger partial charge in [0.25, 0.3) is 0 Å². The van der Waals surface area contributed by atoms with Crippen molar-refractivity contribution in [3.63, 3.8) is 0 Å². The average Bonchev–Trinajstić information content (AvgIpc) is 3.14. The number of aromatic amines is 1. The Bertz CT molecular complexity index is 984. The van der Waals surface area contributed by atoms with Gasteiger partial charge in [0, 0.05) is 23.5 Å². The summed E-state index contributed by atoms with van der Waals surface area (Å²) in [6.45, 7) is 0. The van der Waals surface area contributed by atoms with Crippen LogP contribution in [0.2, 0.25) is 0 Å². The van der Waals surface area contributed by atoms with Crippen LogP contribution in [0.5, 0.6) is 11.8 Å². The Morgan fingerprint density at radius 2 is 1.64 bits per heavy atom. The molecule has 0 unspecified atom stereocenters. The molecule has 2 aromatic heterocycles. The van der Waals surface area contributed by atoms with Crippen molar-refractivity contribution in [3.05, 3.63) is 78.9 Å². The molecule has 0 saturated heterocycles. The monoisotopic (exact) mass is 332 g/mol. The topological polar surface area (TPSA) is 63.7 Å². The maximum Gasteiger partial charge on any atom is 0.321 e. The van der Waals surface area contributed by atoms with E-state index in [1.165, 1.54) is 12.1 Å². The molecule has 0 radical (unpaired) electrons. The molecule has 0 aliphatic heterocycles. The Kier molecular flexibility index (Phi) is 3.92. The fraction of sp³-hybridized carbons (Fsp3) is 0. The van der Waals surface area contributed by atoms with Crippen molar-refractivity contribution in [2.45, 2.75) is 0 Å². The molecular weight excluding hydrogens is 319 g/mol. The maximum absolute atomic E-state index is 13.0. The van der Waals surface area contributed by atoms with E-state index >= 15 is 0 Å². The zero-order valence-electron chi connectivity index (χ0n) is 13.1. The van der Waals surface area contributed by atoms with Gasteiger partial charge in [-0.2, -0.15) is 5.10 Å². The van der Waals surface area contributed by atoms with Crippen molar-refractivity contribution < 1.29 is 9.13 Å². The second-order valence-corrected chi connectivity index (χ2v) is 5.34. The van der Waals surface area contributed by atoms with Gasteiger partial charge in [-0.3, -0.25) is 5.10 Å². The lowest BCUT2D eigenvalue weighted by Gasteiger charge is -2.04. The predicted octanol–water partition coefficient (Wildman–Crippen LogP) is 4.47. The van der Waals surface area contributed by atoms with Crippen LogP contribution in [0.1, 0.15) is 0 Å². The molecule has 25 heavy (non-hydrogen) atoms. The molecule has 0 amide bonds. The number of nitrogens with one attached hydrogen (secondary N) is 1. The molecule has 0 bridgehead atoms. The first kappa shape index (κ1) is 15.0. The number of hydrogen-bond acceptors (Lipinski definition) is 4. The van der Waals surface area contributed by atoms with Crippen LogP contribution >= 0.6 is 0 Å². The molecule has 0 atom stereocenters. The Balaban J connectivity index is 1.60. The molecule has 0 saturated carbocycles. The lowest BCUT2D eigenvalue weighted by Crippen LogP contribution is -1.90. The van der Waals surface area contributed by atoms with Crippen molar-refractivity contribution in [1.29, 1.82) is 0 Å². The third-order valence-corrected chi connectivity index (χ3v) is 3.61. The molecule has 2 aromatic carbocycles. The highest BCUT2D eigenvalue weighted by Crippen LogP contribution is 2.27. The summed E-state index contributed by atoms with van der Waals surface area (Å²) in [5.41, 5.74) is 3.33. The highest BCUT2D eigenvalue weighted by molar-refractivity contribution is 5.68. The van der Waals surface area contributed by atoms with Gasteiger partial charge >= 0.3 is 6.01 Å². The highest BCUT2D eigenvalue weighted by atomic mass is 19.1. The van der Waals surface area contributed by atoms with E-state index in [-0.39, 0.29) is 11.8 Å². The normalized spacial score (nSPS) is 10.6. The van der Waals surface area contributed by atoms with E-state index in [0.717, 1.165) is 22.5 Å². The summed E-state index contributed by atoms with van der Waals surface area (Å²) in [6, 6.07) is 17.7. The molecule has 0 spiro atoms. The number of nitrogens with zero attached hydrogens (tertiary/aromatic N) is 3. The number of aromatic nitrogens is 4. The molecular formula is C19H13FN4O. The first-order valence-electron chi connectivity index (χ1n) is 7.64. The number of halogens is 1. The number of H-pyrrole nitrogens is 1. The van der Waals surface area contributed by atoms with Gasteiger partial charge in [-0.25, -0.2) is 14.4 Å². The van der Waals surface area contributed by atoms with Gasteiger partial charge in [0.05, 0.1) is 11.4 Å². The van der Waals surface area contributed by atoms with Crippen molar-refractivity contribution in [3.8, 4) is 34.3 Å². The van der Waals surface area contributed by atoms with Gasteiger partial charge < -0.3 is 4.74 Å². The van der Waals surface area contributed by atoms with Crippen LogP contribution < -0.4 is 4.74 Å². The second-order valence-electron chi connectivity index (χ2n) is 5.34. The average molecular weight is 332 g/mol. The minimum Gasteiger partial charge on any atom is -0.424 e. The quantitative estimate of drug-likeness (QED) is 0.599. The first-order chi connectivity index (χ1) is 12.3. The zero-order chi connectivity index (χ0) is 17.1. The molecule has 6 heteroatoms. The number of hydrogen-bond donors (Lipinski definition) is 1. The molecule has 5 nitrogen and oxygen atoms in total. The van der Waals surface area contributed by atoms with Gasteiger partial charge in [-0.15, -0.1) is 0 Å². The molecule has 4 aromatic rings. The summed E-state index contributed by atoms with van der Waals surface area (Å²) in [7, 11) is 0. The Morgan fingerprint density at radius 1 is 0.840 bits per heavy atom. The van der Waals surface area contributed by atoms with E-state index in [1.54, 1.807) is 30.6 Å². The van der Waals surface area contributed by atoms with E-state index in [1.807, 2.05) is 30.3 Å². The van der Waals surface area contributed by atoms with Crippen molar-refractivity contribution in [1.82, 2.24) is 20.2 Å². The van der Waals surface area contributed by atoms with E-state index in [2.05, 4.69) is 20.2 Å². The SMILES string of the molecule is Fc1ccc(-c2cc(-c3cccc(Oc4ncccn4)c3)[nH]n2)cc1. The number of rotatable bonds is 4. The fourth-order valence-electron chi connectivity index (χ4n) is 2.41. The van der Waals surface area contributed by atoms with Gasteiger partial charge in [0.15, 0.2) is 0 Å². The van der Waals surface area contributed by atoms with E-state index in [0.29, 0.717) is 5.75 Å².